The van der Waals surface area contributed by atoms with Crippen molar-refractivity contribution in [1.82, 2.24) is 9.55 Å². The minimum atomic E-state index is 0.689. The van der Waals surface area contributed by atoms with Gasteiger partial charge in [-0.1, -0.05) is 13.0 Å². The molecule has 0 radical (unpaired) electrons. The van der Waals surface area contributed by atoms with Crippen molar-refractivity contribution in [2.75, 3.05) is 18.5 Å². The monoisotopic (exact) mass is 257 g/mol. The Balaban J connectivity index is 2.13. The van der Waals surface area contributed by atoms with Gasteiger partial charge in [0.15, 0.2) is 0 Å². The van der Waals surface area contributed by atoms with E-state index in [0.29, 0.717) is 6.54 Å². The summed E-state index contributed by atoms with van der Waals surface area (Å²) < 4.78 is 7.56. The number of hydrogen-bond acceptors (Lipinski definition) is 3. The second-order valence-electron chi connectivity index (χ2n) is 4.13. The predicted molar refractivity (Wildman–Crippen MR) is 78.0 cm³/mol. The van der Waals surface area contributed by atoms with Crippen LogP contribution in [0.25, 0.3) is 5.69 Å². The molecule has 0 atom stereocenters. The Morgan fingerprint density at radius 3 is 2.84 bits per heavy atom. The molecule has 1 heterocycles. The Bertz CT molecular complexity index is 516. The van der Waals surface area contributed by atoms with E-state index in [0.717, 1.165) is 30.4 Å². The zero-order valence-electron chi connectivity index (χ0n) is 11.2. The van der Waals surface area contributed by atoms with E-state index in [1.807, 2.05) is 35.0 Å². The standard InChI is InChI=1S/C15H19N3O/c1-3-9-16-15-17-10-11-18(15)13-5-7-14(8-6-13)19-12-4-2/h3,5-8,10-11H,1,4,9,12H2,2H3,(H,16,17). The number of aromatic nitrogens is 2. The Morgan fingerprint density at radius 1 is 1.37 bits per heavy atom. The lowest BCUT2D eigenvalue weighted by Crippen LogP contribution is -2.05. The number of ether oxygens (including phenoxy) is 1. The summed E-state index contributed by atoms with van der Waals surface area (Å²) in [5.41, 5.74) is 1.05. The lowest BCUT2D eigenvalue weighted by Gasteiger charge is -2.10. The highest BCUT2D eigenvalue weighted by Gasteiger charge is 2.03. The molecular weight excluding hydrogens is 238 g/mol. The fraction of sp³-hybridized carbons (Fsp3) is 0.267. The fourth-order valence-corrected chi connectivity index (χ4v) is 1.73. The molecule has 0 amide bonds. The van der Waals surface area contributed by atoms with E-state index in [2.05, 4.69) is 23.8 Å². The van der Waals surface area contributed by atoms with Crippen LogP contribution in [-0.4, -0.2) is 22.7 Å². The second-order valence-corrected chi connectivity index (χ2v) is 4.13. The van der Waals surface area contributed by atoms with Crippen molar-refractivity contribution in [2.24, 2.45) is 0 Å². The molecule has 1 N–H and O–H groups in total. The summed E-state index contributed by atoms with van der Waals surface area (Å²) in [4.78, 5) is 4.27. The van der Waals surface area contributed by atoms with Crippen molar-refractivity contribution in [3.05, 3.63) is 49.3 Å². The molecule has 0 unspecified atom stereocenters. The molecule has 2 aromatic rings. The average Bonchev–Trinajstić information content (AvgIpc) is 2.92. The molecule has 4 nitrogen and oxygen atoms in total. The maximum absolute atomic E-state index is 5.57. The predicted octanol–water partition coefficient (Wildman–Crippen LogP) is 3.26. The van der Waals surface area contributed by atoms with Crippen molar-refractivity contribution in [1.29, 1.82) is 0 Å². The molecule has 4 heteroatoms. The lowest BCUT2D eigenvalue weighted by atomic mass is 10.3. The topological polar surface area (TPSA) is 39.1 Å². The third-order valence-electron chi connectivity index (χ3n) is 2.63. The van der Waals surface area contributed by atoms with Crippen molar-refractivity contribution in [2.45, 2.75) is 13.3 Å². The molecule has 0 bridgehead atoms. The maximum atomic E-state index is 5.57. The zero-order valence-corrected chi connectivity index (χ0v) is 11.2. The van der Waals surface area contributed by atoms with E-state index in [-0.39, 0.29) is 0 Å². The van der Waals surface area contributed by atoms with Crippen LogP contribution in [0.3, 0.4) is 0 Å². The van der Waals surface area contributed by atoms with Crippen LogP contribution in [0.15, 0.2) is 49.3 Å². The van der Waals surface area contributed by atoms with Gasteiger partial charge in [-0.2, -0.15) is 0 Å². The highest BCUT2D eigenvalue weighted by Crippen LogP contribution is 2.18. The van der Waals surface area contributed by atoms with Crippen LogP contribution in [-0.2, 0) is 0 Å². The van der Waals surface area contributed by atoms with Crippen molar-refractivity contribution in [3.63, 3.8) is 0 Å². The second kappa shape index (κ2) is 6.64. The highest BCUT2D eigenvalue weighted by molar-refractivity contribution is 5.44. The molecule has 100 valence electrons. The zero-order chi connectivity index (χ0) is 13.5. The van der Waals surface area contributed by atoms with E-state index >= 15 is 0 Å². The van der Waals surface area contributed by atoms with Crippen LogP contribution in [0, 0.1) is 0 Å². The fourth-order valence-electron chi connectivity index (χ4n) is 1.73. The summed E-state index contributed by atoms with van der Waals surface area (Å²) in [5.74, 6) is 1.70. The molecule has 1 aromatic carbocycles. The summed E-state index contributed by atoms with van der Waals surface area (Å²) in [6, 6.07) is 7.99. The first-order chi connectivity index (χ1) is 9.35. The molecule has 0 aliphatic rings. The van der Waals surface area contributed by atoms with Gasteiger partial charge in [-0.05, 0) is 30.7 Å². The summed E-state index contributed by atoms with van der Waals surface area (Å²) in [6.45, 7) is 7.22. The van der Waals surface area contributed by atoms with E-state index in [1.54, 1.807) is 12.3 Å². The summed E-state index contributed by atoms with van der Waals surface area (Å²) >= 11 is 0. The Hall–Kier alpha value is -2.23. The van der Waals surface area contributed by atoms with Gasteiger partial charge in [0.1, 0.15) is 5.75 Å². The summed E-state index contributed by atoms with van der Waals surface area (Å²) in [7, 11) is 0. The van der Waals surface area contributed by atoms with Gasteiger partial charge in [0.25, 0.3) is 0 Å². The van der Waals surface area contributed by atoms with Crippen LogP contribution in [0.4, 0.5) is 5.95 Å². The first-order valence-electron chi connectivity index (χ1n) is 6.46. The Labute approximate surface area is 113 Å². The number of rotatable bonds is 7. The molecule has 0 saturated heterocycles. The third kappa shape index (κ3) is 3.37. The summed E-state index contributed by atoms with van der Waals surface area (Å²) in [5, 5.41) is 3.19. The molecule has 2 rings (SSSR count). The smallest absolute Gasteiger partial charge is 0.207 e. The van der Waals surface area contributed by atoms with Gasteiger partial charge in [0, 0.05) is 24.6 Å². The minimum absolute atomic E-state index is 0.689. The van der Waals surface area contributed by atoms with Crippen molar-refractivity contribution in [3.8, 4) is 11.4 Å². The molecule has 1 aromatic heterocycles. The van der Waals surface area contributed by atoms with Crippen LogP contribution < -0.4 is 10.1 Å². The van der Waals surface area contributed by atoms with Gasteiger partial charge < -0.3 is 10.1 Å². The number of imidazole rings is 1. The maximum Gasteiger partial charge on any atom is 0.207 e. The quantitative estimate of drug-likeness (QED) is 0.774. The SMILES string of the molecule is C=CCNc1nccn1-c1ccc(OCCC)cc1. The molecule has 0 aliphatic heterocycles. The van der Waals surface area contributed by atoms with Gasteiger partial charge in [0.2, 0.25) is 5.95 Å². The number of anilines is 1. The summed E-state index contributed by atoms with van der Waals surface area (Å²) in [6.07, 6.45) is 6.51. The van der Waals surface area contributed by atoms with Crippen molar-refractivity contribution < 1.29 is 4.74 Å². The van der Waals surface area contributed by atoms with Crippen LogP contribution in [0.2, 0.25) is 0 Å². The Kier molecular flexibility index (Phi) is 4.61. The van der Waals surface area contributed by atoms with Gasteiger partial charge in [-0.25, -0.2) is 4.98 Å². The molecule has 0 fully saturated rings. The van der Waals surface area contributed by atoms with Crippen LogP contribution in [0.5, 0.6) is 5.75 Å². The first kappa shape index (κ1) is 13.2. The van der Waals surface area contributed by atoms with E-state index in [9.17, 15) is 0 Å². The van der Waals surface area contributed by atoms with Crippen LogP contribution in [0.1, 0.15) is 13.3 Å². The molecule has 19 heavy (non-hydrogen) atoms. The largest absolute Gasteiger partial charge is 0.494 e. The number of nitrogens with one attached hydrogen (secondary N) is 1. The molecular formula is C15H19N3O. The third-order valence-corrected chi connectivity index (χ3v) is 2.63. The number of nitrogens with zero attached hydrogens (tertiary/aromatic N) is 2. The number of benzene rings is 1. The van der Waals surface area contributed by atoms with E-state index in [4.69, 9.17) is 4.74 Å². The molecule has 0 saturated carbocycles. The molecule has 0 aliphatic carbocycles. The normalized spacial score (nSPS) is 10.2. The number of hydrogen-bond donors (Lipinski definition) is 1. The van der Waals surface area contributed by atoms with Gasteiger partial charge >= 0.3 is 0 Å². The van der Waals surface area contributed by atoms with Crippen molar-refractivity contribution >= 4 is 5.95 Å². The minimum Gasteiger partial charge on any atom is -0.494 e. The Morgan fingerprint density at radius 2 is 2.16 bits per heavy atom. The van der Waals surface area contributed by atoms with E-state index < -0.39 is 0 Å². The van der Waals surface area contributed by atoms with Gasteiger partial charge in [-0.15, -0.1) is 6.58 Å². The van der Waals surface area contributed by atoms with Crippen LogP contribution >= 0.6 is 0 Å². The first-order valence-corrected chi connectivity index (χ1v) is 6.46. The van der Waals surface area contributed by atoms with E-state index in [1.165, 1.54) is 0 Å². The lowest BCUT2D eigenvalue weighted by molar-refractivity contribution is 0.317. The average molecular weight is 257 g/mol. The highest BCUT2D eigenvalue weighted by atomic mass is 16.5. The molecule has 0 spiro atoms. The van der Waals surface area contributed by atoms with Gasteiger partial charge in [-0.3, -0.25) is 4.57 Å². The van der Waals surface area contributed by atoms with Gasteiger partial charge in [0.05, 0.1) is 6.61 Å².